The van der Waals surface area contributed by atoms with E-state index >= 15 is 0 Å². The number of halogens is 3. The topological polar surface area (TPSA) is 55.1 Å². The number of hydrogen-bond donors (Lipinski definition) is 1. The molecule has 1 heterocycles. The molecule has 88 valence electrons. The van der Waals surface area contributed by atoms with Gasteiger partial charge in [-0.3, -0.25) is 4.79 Å². The lowest BCUT2D eigenvalue weighted by Crippen LogP contribution is -2.18. The van der Waals surface area contributed by atoms with Crippen LogP contribution in [0.2, 0.25) is 0 Å². The number of rotatable bonds is 3. The second kappa shape index (κ2) is 3.50. The fraction of sp³-hybridized carbons (Fsp3) is 0.556. The Morgan fingerprint density at radius 3 is 2.62 bits per heavy atom. The second-order valence-corrected chi connectivity index (χ2v) is 3.78. The quantitative estimate of drug-likeness (QED) is 0.868. The van der Waals surface area contributed by atoms with Crippen molar-refractivity contribution in [3.05, 3.63) is 17.5 Å². The van der Waals surface area contributed by atoms with E-state index in [1.807, 2.05) is 0 Å². The highest BCUT2D eigenvalue weighted by Crippen LogP contribution is 2.41. The van der Waals surface area contributed by atoms with Crippen molar-refractivity contribution in [3.8, 4) is 0 Å². The number of hydrogen-bond acceptors (Lipinski definition) is 2. The summed E-state index contributed by atoms with van der Waals surface area (Å²) >= 11 is 0. The first-order chi connectivity index (χ1) is 7.38. The van der Waals surface area contributed by atoms with Crippen LogP contribution in [0.1, 0.15) is 30.1 Å². The summed E-state index contributed by atoms with van der Waals surface area (Å²) in [5.74, 6) is -1.27. The molecule has 1 aliphatic carbocycles. The van der Waals surface area contributed by atoms with Gasteiger partial charge in [0.1, 0.15) is 12.2 Å². The maximum Gasteiger partial charge on any atom is 0.433 e. The van der Waals surface area contributed by atoms with Gasteiger partial charge in [0.05, 0.1) is 5.69 Å². The normalized spacial score (nSPS) is 16.4. The lowest BCUT2D eigenvalue weighted by Gasteiger charge is -2.07. The summed E-state index contributed by atoms with van der Waals surface area (Å²) in [6, 6.07) is 0.945. The summed E-state index contributed by atoms with van der Waals surface area (Å²) in [4.78, 5) is 10.4. The minimum absolute atomic E-state index is 0.0659. The number of carboxylic acids is 1. The summed E-state index contributed by atoms with van der Waals surface area (Å²) in [6.07, 6.45) is -2.92. The SMILES string of the molecule is O=C(O)Cn1nc(C2CC2)cc1C(F)(F)F. The smallest absolute Gasteiger partial charge is 0.433 e. The van der Waals surface area contributed by atoms with Gasteiger partial charge in [0.15, 0.2) is 0 Å². The molecule has 0 unspecified atom stereocenters. The van der Waals surface area contributed by atoms with E-state index in [4.69, 9.17) is 5.11 Å². The van der Waals surface area contributed by atoms with Crippen LogP contribution in [0.4, 0.5) is 13.2 Å². The predicted octanol–water partition coefficient (Wildman–Crippen LogP) is 1.86. The molecular formula is C9H9F3N2O2. The second-order valence-electron chi connectivity index (χ2n) is 3.78. The van der Waals surface area contributed by atoms with E-state index in [1.165, 1.54) is 0 Å². The molecule has 1 aliphatic rings. The molecule has 0 radical (unpaired) electrons. The average molecular weight is 234 g/mol. The van der Waals surface area contributed by atoms with Crippen LogP contribution in [0.5, 0.6) is 0 Å². The molecule has 1 aromatic rings. The van der Waals surface area contributed by atoms with E-state index in [-0.39, 0.29) is 5.92 Å². The van der Waals surface area contributed by atoms with Crippen LogP contribution in [0.25, 0.3) is 0 Å². The van der Waals surface area contributed by atoms with Gasteiger partial charge in [0, 0.05) is 5.92 Å². The van der Waals surface area contributed by atoms with Gasteiger partial charge in [-0.05, 0) is 18.9 Å². The van der Waals surface area contributed by atoms with Gasteiger partial charge in [0.2, 0.25) is 0 Å². The van der Waals surface area contributed by atoms with Crippen LogP contribution in [-0.2, 0) is 17.5 Å². The number of nitrogens with zero attached hydrogens (tertiary/aromatic N) is 2. The third kappa shape index (κ3) is 2.17. The number of aromatic nitrogens is 2. The first-order valence-corrected chi connectivity index (χ1v) is 4.74. The van der Waals surface area contributed by atoms with E-state index in [0.717, 1.165) is 18.9 Å². The van der Waals surface area contributed by atoms with Gasteiger partial charge in [-0.1, -0.05) is 0 Å². The maximum atomic E-state index is 12.5. The van der Waals surface area contributed by atoms with E-state index < -0.39 is 24.4 Å². The molecule has 16 heavy (non-hydrogen) atoms. The fourth-order valence-corrected chi connectivity index (χ4v) is 1.49. The largest absolute Gasteiger partial charge is 0.480 e. The van der Waals surface area contributed by atoms with E-state index in [9.17, 15) is 18.0 Å². The molecule has 1 fully saturated rings. The Bertz CT molecular complexity index is 421. The highest BCUT2D eigenvalue weighted by Gasteiger charge is 2.38. The van der Waals surface area contributed by atoms with Gasteiger partial charge in [-0.25, -0.2) is 4.68 Å². The third-order valence-corrected chi connectivity index (χ3v) is 2.37. The van der Waals surface area contributed by atoms with Crippen LogP contribution in [0.15, 0.2) is 6.07 Å². The first kappa shape index (κ1) is 11.0. The summed E-state index contributed by atoms with van der Waals surface area (Å²) in [5.41, 5.74) is -0.648. The van der Waals surface area contributed by atoms with Gasteiger partial charge in [0.25, 0.3) is 0 Å². The van der Waals surface area contributed by atoms with Crippen molar-refractivity contribution < 1.29 is 23.1 Å². The van der Waals surface area contributed by atoms with E-state index in [1.54, 1.807) is 0 Å². The zero-order valence-electron chi connectivity index (χ0n) is 8.16. The molecule has 1 N–H and O–H groups in total. The minimum Gasteiger partial charge on any atom is -0.480 e. The van der Waals surface area contributed by atoms with Crippen molar-refractivity contribution in [2.75, 3.05) is 0 Å². The van der Waals surface area contributed by atoms with Gasteiger partial charge in [-0.2, -0.15) is 18.3 Å². The summed E-state index contributed by atoms with van der Waals surface area (Å²) in [5, 5.41) is 12.2. The van der Waals surface area contributed by atoms with Crippen molar-refractivity contribution in [2.45, 2.75) is 31.5 Å². The van der Waals surface area contributed by atoms with Gasteiger partial charge >= 0.3 is 12.1 Å². The monoisotopic (exact) mass is 234 g/mol. The Balaban J connectivity index is 2.35. The number of aliphatic carboxylic acids is 1. The molecule has 0 bridgehead atoms. The molecule has 1 saturated carbocycles. The fourth-order valence-electron chi connectivity index (χ4n) is 1.49. The Morgan fingerprint density at radius 1 is 1.56 bits per heavy atom. The Kier molecular flexibility index (Phi) is 2.40. The lowest BCUT2D eigenvalue weighted by molar-refractivity contribution is -0.147. The van der Waals surface area contributed by atoms with Gasteiger partial charge < -0.3 is 5.11 Å². The molecule has 2 rings (SSSR count). The molecule has 4 nitrogen and oxygen atoms in total. The molecular weight excluding hydrogens is 225 g/mol. The van der Waals surface area contributed by atoms with Crippen LogP contribution < -0.4 is 0 Å². The zero-order chi connectivity index (χ0) is 11.9. The summed E-state index contributed by atoms with van der Waals surface area (Å²) in [7, 11) is 0. The number of carbonyl (C=O) groups is 1. The summed E-state index contributed by atoms with van der Waals surface area (Å²) < 4.78 is 38.1. The number of alkyl halides is 3. The zero-order valence-corrected chi connectivity index (χ0v) is 8.16. The molecule has 0 atom stereocenters. The van der Waals surface area contributed by atoms with Crippen LogP contribution in [0.3, 0.4) is 0 Å². The van der Waals surface area contributed by atoms with Crippen LogP contribution in [-0.4, -0.2) is 20.9 Å². The number of carboxylic acid groups (broad SMARTS) is 1. The Labute approximate surface area is 88.7 Å². The van der Waals surface area contributed by atoms with Crippen molar-refractivity contribution in [1.82, 2.24) is 9.78 Å². The minimum atomic E-state index is -4.56. The van der Waals surface area contributed by atoms with Crippen molar-refractivity contribution in [2.24, 2.45) is 0 Å². The molecule has 0 saturated heterocycles. The first-order valence-electron chi connectivity index (χ1n) is 4.74. The molecule has 0 aliphatic heterocycles. The Morgan fingerprint density at radius 2 is 2.19 bits per heavy atom. The van der Waals surface area contributed by atoms with E-state index in [0.29, 0.717) is 10.4 Å². The van der Waals surface area contributed by atoms with Crippen molar-refractivity contribution >= 4 is 5.97 Å². The molecule has 1 aromatic heterocycles. The molecule has 0 aromatic carbocycles. The van der Waals surface area contributed by atoms with Crippen molar-refractivity contribution in [1.29, 1.82) is 0 Å². The van der Waals surface area contributed by atoms with Gasteiger partial charge in [-0.15, -0.1) is 0 Å². The van der Waals surface area contributed by atoms with E-state index in [2.05, 4.69) is 5.10 Å². The maximum absolute atomic E-state index is 12.5. The molecule has 0 spiro atoms. The highest BCUT2D eigenvalue weighted by molar-refractivity contribution is 5.66. The predicted molar refractivity (Wildman–Crippen MR) is 46.8 cm³/mol. The third-order valence-electron chi connectivity index (χ3n) is 2.37. The molecule has 0 amide bonds. The Hall–Kier alpha value is -1.53. The summed E-state index contributed by atoms with van der Waals surface area (Å²) in [6.45, 7) is -0.762. The van der Waals surface area contributed by atoms with Crippen LogP contribution in [0, 0.1) is 0 Å². The highest BCUT2D eigenvalue weighted by atomic mass is 19.4. The van der Waals surface area contributed by atoms with Crippen LogP contribution >= 0.6 is 0 Å². The molecule has 7 heteroatoms. The standard InChI is InChI=1S/C9H9F3N2O2/c10-9(11,12)7-3-6(5-1-2-5)13-14(7)4-8(15)16/h3,5H,1-2,4H2,(H,15,16). The average Bonchev–Trinajstić information content (AvgIpc) is 2.86. The lowest BCUT2D eigenvalue weighted by atomic mass is 10.2. The van der Waals surface area contributed by atoms with Crippen molar-refractivity contribution in [3.63, 3.8) is 0 Å².